The maximum Gasteiger partial charge on any atom is 0.265 e. The summed E-state index contributed by atoms with van der Waals surface area (Å²) in [6, 6.07) is 14.3. The van der Waals surface area contributed by atoms with Gasteiger partial charge in [-0.05, 0) is 67.8 Å². The molecular weight excluding hydrogens is 516 g/mol. The normalized spacial score (nSPS) is 12.0. The number of nitrogens with zero attached hydrogens (tertiary/aromatic N) is 1. The van der Waals surface area contributed by atoms with Crippen LogP contribution in [0.15, 0.2) is 59.5 Å². The van der Waals surface area contributed by atoms with Crippen LogP contribution in [-0.4, -0.2) is 42.2 Å². The molecule has 0 aliphatic heterocycles. The summed E-state index contributed by atoms with van der Waals surface area (Å²) in [6.45, 7) is 5.34. The first kappa shape index (κ1) is 28.1. The number of benzene rings is 3. The van der Waals surface area contributed by atoms with Crippen molar-refractivity contribution >= 4 is 33.2 Å². The number of sulfonamides is 1. The molecule has 3 aromatic rings. The van der Waals surface area contributed by atoms with Gasteiger partial charge in [-0.1, -0.05) is 29.8 Å². The van der Waals surface area contributed by atoms with Gasteiger partial charge >= 0.3 is 0 Å². The van der Waals surface area contributed by atoms with Crippen molar-refractivity contribution in [1.29, 1.82) is 0 Å². The lowest BCUT2D eigenvalue weighted by atomic mass is 10.0. The molecule has 0 radical (unpaired) electrons. The molecule has 3 rings (SSSR count). The fourth-order valence-electron chi connectivity index (χ4n) is 3.80. The number of ether oxygens (including phenoxy) is 3. The monoisotopic (exact) mass is 546 g/mol. The van der Waals surface area contributed by atoms with Crippen molar-refractivity contribution in [2.45, 2.75) is 31.7 Å². The van der Waals surface area contributed by atoms with Crippen molar-refractivity contribution in [1.82, 2.24) is 5.32 Å². The molecule has 37 heavy (non-hydrogen) atoms. The molecule has 0 bridgehead atoms. The second kappa shape index (κ2) is 11.7. The number of nitrogens with one attached hydrogen (secondary N) is 1. The highest BCUT2D eigenvalue weighted by atomic mass is 35.5. The second-order valence-electron chi connectivity index (χ2n) is 8.48. The van der Waals surface area contributed by atoms with E-state index < -0.39 is 22.5 Å². The molecule has 0 aliphatic carbocycles. The average Bonchev–Trinajstić information content (AvgIpc) is 2.88. The SMILES string of the molecule is COc1ccc(S(=O)(=O)N(CC(=O)NC(C)c2ccc(C)c(C)c2)c2cc(Cl)ccc2OC)cc1OC. The molecule has 0 saturated carbocycles. The Morgan fingerprint density at radius 2 is 1.54 bits per heavy atom. The quantitative estimate of drug-likeness (QED) is 0.382. The third-order valence-corrected chi connectivity index (χ3v) is 8.04. The van der Waals surface area contributed by atoms with Crippen LogP contribution in [0.2, 0.25) is 5.02 Å². The van der Waals surface area contributed by atoms with Crippen LogP contribution >= 0.6 is 11.6 Å². The minimum atomic E-state index is -4.27. The Bertz CT molecular complexity index is 1390. The number of hydrogen-bond acceptors (Lipinski definition) is 6. The van der Waals surface area contributed by atoms with Crippen molar-refractivity contribution < 1.29 is 27.4 Å². The third kappa shape index (κ3) is 6.29. The zero-order valence-electron chi connectivity index (χ0n) is 21.7. The molecular formula is C27H31ClN2O6S. The van der Waals surface area contributed by atoms with Crippen LogP contribution in [0.5, 0.6) is 17.2 Å². The van der Waals surface area contributed by atoms with Gasteiger partial charge in [0.25, 0.3) is 10.0 Å². The second-order valence-corrected chi connectivity index (χ2v) is 10.8. The molecule has 1 atom stereocenters. The van der Waals surface area contributed by atoms with Crippen molar-refractivity contribution in [3.05, 3.63) is 76.3 Å². The molecule has 1 N–H and O–H groups in total. The first-order chi connectivity index (χ1) is 17.5. The van der Waals surface area contributed by atoms with Gasteiger partial charge in [0.05, 0.1) is 38.0 Å². The molecule has 0 heterocycles. The largest absolute Gasteiger partial charge is 0.495 e. The van der Waals surface area contributed by atoms with Crippen molar-refractivity contribution in [3.63, 3.8) is 0 Å². The maximum atomic E-state index is 13.9. The Hall–Kier alpha value is -3.43. The molecule has 0 aromatic heterocycles. The van der Waals surface area contributed by atoms with Gasteiger partial charge in [-0.2, -0.15) is 0 Å². The van der Waals surface area contributed by atoms with E-state index in [4.69, 9.17) is 25.8 Å². The van der Waals surface area contributed by atoms with Gasteiger partial charge in [0.1, 0.15) is 12.3 Å². The first-order valence-electron chi connectivity index (χ1n) is 11.5. The lowest BCUT2D eigenvalue weighted by Crippen LogP contribution is -2.41. The van der Waals surface area contributed by atoms with Crippen LogP contribution in [0.25, 0.3) is 0 Å². The Labute approximate surface area is 223 Å². The number of carbonyl (C=O) groups excluding carboxylic acids is 1. The van der Waals surface area contributed by atoms with Gasteiger partial charge < -0.3 is 19.5 Å². The number of carbonyl (C=O) groups is 1. The third-order valence-electron chi connectivity index (χ3n) is 6.05. The molecule has 0 fully saturated rings. The van der Waals surface area contributed by atoms with Gasteiger partial charge in [0.2, 0.25) is 5.91 Å². The van der Waals surface area contributed by atoms with E-state index in [-0.39, 0.29) is 33.1 Å². The predicted molar refractivity (Wildman–Crippen MR) is 145 cm³/mol. The van der Waals surface area contributed by atoms with E-state index in [2.05, 4.69) is 5.32 Å². The van der Waals surface area contributed by atoms with E-state index in [1.54, 1.807) is 12.1 Å². The summed E-state index contributed by atoms with van der Waals surface area (Å²) in [6.07, 6.45) is 0. The average molecular weight is 547 g/mol. The number of hydrogen-bond donors (Lipinski definition) is 1. The smallest absolute Gasteiger partial charge is 0.265 e. The molecule has 1 unspecified atom stereocenters. The summed E-state index contributed by atoms with van der Waals surface area (Å²) in [4.78, 5) is 13.1. The Morgan fingerprint density at radius 3 is 2.16 bits per heavy atom. The van der Waals surface area contributed by atoms with Crippen molar-refractivity contribution in [2.75, 3.05) is 32.2 Å². The number of anilines is 1. The molecule has 3 aromatic carbocycles. The van der Waals surface area contributed by atoms with Crippen LogP contribution in [0, 0.1) is 13.8 Å². The van der Waals surface area contributed by atoms with Gasteiger partial charge in [-0.25, -0.2) is 8.42 Å². The highest BCUT2D eigenvalue weighted by Crippen LogP contribution is 2.37. The standard InChI is InChI=1S/C27H31ClN2O6S/c1-17-7-8-20(13-18(17)2)19(3)29-27(31)16-30(23-14-21(28)9-11-24(23)34-4)37(32,33)22-10-12-25(35-5)26(15-22)36-6/h7-15,19H,16H2,1-6H3,(H,29,31). The molecule has 8 nitrogen and oxygen atoms in total. The van der Waals surface area contributed by atoms with Crippen molar-refractivity contribution in [2.24, 2.45) is 0 Å². The number of amides is 1. The van der Waals surface area contributed by atoms with E-state index in [0.29, 0.717) is 5.75 Å². The van der Waals surface area contributed by atoms with Gasteiger partial charge in [0, 0.05) is 11.1 Å². The number of halogens is 1. The fourth-order valence-corrected chi connectivity index (χ4v) is 5.40. The summed E-state index contributed by atoms with van der Waals surface area (Å²) in [5.74, 6) is 0.336. The van der Waals surface area contributed by atoms with E-state index in [9.17, 15) is 13.2 Å². The van der Waals surface area contributed by atoms with E-state index in [0.717, 1.165) is 21.0 Å². The summed E-state index contributed by atoms with van der Waals surface area (Å²) in [5, 5.41) is 3.18. The van der Waals surface area contributed by atoms with E-state index in [1.165, 1.54) is 45.6 Å². The predicted octanol–water partition coefficient (Wildman–Crippen LogP) is 5.06. The Morgan fingerprint density at radius 1 is 0.892 bits per heavy atom. The maximum absolute atomic E-state index is 13.9. The molecule has 198 valence electrons. The van der Waals surface area contributed by atoms with Crippen molar-refractivity contribution in [3.8, 4) is 17.2 Å². The Kier molecular flexibility index (Phi) is 8.94. The Balaban J connectivity index is 2.02. The minimum Gasteiger partial charge on any atom is -0.495 e. The van der Waals surface area contributed by atoms with Crippen LogP contribution in [0.3, 0.4) is 0 Å². The molecule has 0 aliphatic rings. The zero-order valence-corrected chi connectivity index (χ0v) is 23.2. The highest BCUT2D eigenvalue weighted by molar-refractivity contribution is 7.92. The summed E-state index contributed by atoms with van der Waals surface area (Å²) < 4.78 is 44.7. The number of methoxy groups -OCH3 is 3. The topological polar surface area (TPSA) is 94.2 Å². The van der Waals surface area contributed by atoms with Crippen LogP contribution < -0.4 is 23.8 Å². The highest BCUT2D eigenvalue weighted by Gasteiger charge is 2.31. The van der Waals surface area contributed by atoms with Gasteiger partial charge in [-0.15, -0.1) is 0 Å². The minimum absolute atomic E-state index is 0.0952. The summed E-state index contributed by atoms with van der Waals surface area (Å²) in [5.41, 5.74) is 3.27. The van der Waals surface area contributed by atoms with Crippen LogP contribution in [0.1, 0.15) is 29.7 Å². The molecule has 0 spiro atoms. The van der Waals surface area contributed by atoms with E-state index >= 15 is 0 Å². The zero-order chi connectivity index (χ0) is 27.3. The van der Waals surface area contributed by atoms with Gasteiger partial charge in [0.15, 0.2) is 11.5 Å². The fraction of sp³-hybridized carbons (Fsp3) is 0.296. The molecule has 1 amide bonds. The van der Waals surface area contributed by atoms with Crippen LogP contribution in [-0.2, 0) is 14.8 Å². The molecule has 0 saturated heterocycles. The summed E-state index contributed by atoms with van der Waals surface area (Å²) >= 11 is 6.22. The number of aryl methyl sites for hydroxylation is 2. The van der Waals surface area contributed by atoms with Gasteiger partial charge in [-0.3, -0.25) is 9.10 Å². The van der Waals surface area contributed by atoms with Crippen LogP contribution in [0.4, 0.5) is 5.69 Å². The molecule has 10 heteroatoms. The lowest BCUT2D eigenvalue weighted by molar-refractivity contribution is -0.120. The van der Waals surface area contributed by atoms with E-state index in [1.807, 2.05) is 39.0 Å². The summed E-state index contributed by atoms with van der Waals surface area (Å²) in [7, 11) is 0.00687. The number of rotatable bonds is 10. The first-order valence-corrected chi connectivity index (χ1v) is 13.3. The lowest BCUT2D eigenvalue weighted by Gasteiger charge is -2.27.